The highest BCUT2D eigenvalue weighted by Gasteiger charge is 2.37. The number of carbonyl (C=O) groups is 2. The SMILES string of the molecule is COC(=O)C1CN(C(=O)c2cc(C)cc(C)c2)CC1C. The highest BCUT2D eigenvalue weighted by Crippen LogP contribution is 2.26. The van der Waals surface area contributed by atoms with Crippen LogP contribution in [-0.2, 0) is 9.53 Å². The minimum absolute atomic E-state index is 0.00458. The van der Waals surface area contributed by atoms with Gasteiger partial charge in [-0.2, -0.15) is 0 Å². The Kier molecular flexibility index (Phi) is 4.12. The molecule has 1 saturated heterocycles. The van der Waals surface area contributed by atoms with Gasteiger partial charge in [0.25, 0.3) is 5.91 Å². The lowest BCUT2D eigenvalue weighted by Crippen LogP contribution is -2.30. The Labute approximate surface area is 119 Å². The van der Waals surface area contributed by atoms with Gasteiger partial charge in [0.15, 0.2) is 0 Å². The van der Waals surface area contributed by atoms with Gasteiger partial charge in [0.05, 0.1) is 13.0 Å². The number of hydrogen-bond donors (Lipinski definition) is 0. The molecule has 108 valence electrons. The third-order valence-electron chi connectivity index (χ3n) is 3.87. The highest BCUT2D eigenvalue weighted by atomic mass is 16.5. The summed E-state index contributed by atoms with van der Waals surface area (Å²) >= 11 is 0. The predicted octanol–water partition coefficient (Wildman–Crippen LogP) is 2.18. The quantitative estimate of drug-likeness (QED) is 0.777. The van der Waals surface area contributed by atoms with Crippen molar-refractivity contribution < 1.29 is 14.3 Å². The predicted molar refractivity (Wildman–Crippen MR) is 76.5 cm³/mol. The number of benzene rings is 1. The number of aryl methyl sites for hydroxylation is 2. The summed E-state index contributed by atoms with van der Waals surface area (Å²) in [5.41, 5.74) is 2.84. The van der Waals surface area contributed by atoms with Crippen molar-refractivity contribution in [2.75, 3.05) is 20.2 Å². The average molecular weight is 275 g/mol. The van der Waals surface area contributed by atoms with E-state index in [0.29, 0.717) is 18.7 Å². The Bertz CT molecular complexity index is 518. The van der Waals surface area contributed by atoms with E-state index in [1.54, 1.807) is 4.90 Å². The van der Waals surface area contributed by atoms with E-state index in [-0.39, 0.29) is 23.7 Å². The smallest absolute Gasteiger partial charge is 0.310 e. The maximum absolute atomic E-state index is 12.5. The molecule has 0 radical (unpaired) electrons. The fraction of sp³-hybridized carbons (Fsp3) is 0.500. The van der Waals surface area contributed by atoms with Crippen molar-refractivity contribution >= 4 is 11.9 Å². The lowest BCUT2D eigenvalue weighted by molar-refractivity contribution is -0.146. The van der Waals surface area contributed by atoms with E-state index >= 15 is 0 Å². The van der Waals surface area contributed by atoms with Crippen LogP contribution in [-0.4, -0.2) is 37.0 Å². The van der Waals surface area contributed by atoms with Crippen LogP contribution in [0, 0.1) is 25.7 Å². The monoisotopic (exact) mass is 275 g/mol. The van der Waals surface area contributed by atoms with Gasteiger partial charge in [-0.1, -0.05) is 24.1 Å². The van der Waals surface area contributed by atoms with Gasteiger partial charge in [0.2, 0.25) is 0 Å². The minimum atomic E-state index is -0.228. The van der Waals surface area contributed by atoms with Crippen LogP contribution in [0.15, 0.2) is 18.2 Å². The van der Waals surface area contributed by atoms with Gasteiger partial charge in [0.1, 0.15) is 0 Å². The van der Waals surface area contributed by atoms with E-state index in [4.69, 9.17) is 4.74 Å². The molecule has 0 bridgehead atoms. The number of amides is 1. The summed E-state index contributed by atoms with van der Waals surface area (Å²) < 4.78 is 4.80. The van der Waals surface area contributed by atoms with Crippen molar-refractivity contribution in [2.45, 2.75) is 20.8 Å². The fourth-order valence-corrected chi connectivity index (χ4v) is 2.87. The van der Waals surface area contributed by atoms with Gasteiger partial charge in [0, 0.05) is 18.7 Å². The first-order valence-corrected chi connectivity index (χ1v) is 6.87. The van der Waals surface area contributed by atoms with E-state index in [0.717, 1.165) is 11.1 Å². The van der Waals surface area contributed by atoms with Crippen LogP contribution in [0.3, 0.4) is 0 Å². The van der Waals surface area contributed by atoms with E-state index < -0.39 is 0 Å². The summed E-state index contributed by atoms with van der Waals surface area (Å²) in [6.45, 7) is 6.99. The molecule has 0 saturated carbocycles. The lowest BCUT2D eigenvalue weighted by Gasteiger charge is -2.16. The fourth-order valence-electron chi connectivity index (χ4n) is 2.87. The minimum Gasteiger partial charge on any atom is -0.469 e. The summed E-state index contributed by atoms with van der Waals surface area (Å²) in [5, 5.41) is 0. The Balaban J connectivity index is 2.16. The first kappa shape index (κ1) is 14.6. The van der Waals surface area contributed by atoms with E-state index in [2.05, 4.69) is 0 Å². The molecule has 1 aromatic rings. The van der Waals surface area contributed by atoms with E-state index in [1.807, 2.05) is 39.0 Å². The topological polar surface area (TPSA) is 46.6 Å². The van der Waals surface area contributed by atoms with Crippen LogP contribution in [0.1, 0.15) is 28.4 Å². The number of rotatable bonds is 2. The van der Waals surface area contributed by atoms with E-state index in [9.17, 15) is 9.59 Å². The summed E-state index contributed by atoms with van der Waals surface area (Å²) in [4.78, 5) is 26.0. The molecule has 1 aliphatic rings. The summed E-state index contributed by atoms with van der Waals surface area (Å²) in [5.74, 6) is -0.310. The molecule has 1 aromatic carbocycles. The van der Waals surface area contributed by atoms with Crippen LogP contribution in [0.5, 0.6) is 0 Å². The molecule has 0 N–H and O–H groups in total. The highest BCUT2D eigenvalue weighted by molar-refractivity contribution is 5.95. The van der Waals surface area contributed by atoms with E-state index in [1.165, 1.54) is 7.11 Å². The molecule has 4 nitrogen and oxygen atoms in total. The molecule has 0 aromatic heterocycles. The Morgan fingerprint density at radius 3 is 2.30 bits per heavy atom. The second kappa shape index (κ2) is 5.65. The Hall–Kier alpha value is -1.84. The second-order valence-electron chi connectivity index (χ2n) is 5.69. The molecule has 0 spiro atoms. The van der Waals surface area contributed by atoms with Crippen LogP contribution in [0.4, 0.5) is 0 Å². The zero-order chi connectivity index (χ0) is 14.9. The normalized spacial score (nSPS) is 21.9. The molecule has 4 heteroatoms. The number of ether oxygens (including phenoxy) is 1. The maximum atomic E-state index is 12.5. The molecular formula is C16H21NO3. The van der Waals surface area contributed by atoms with Gasteiger partial charge >= 0.3 is 5.97 Å². The second-order valence-corrected chi connectivity index (χ2v) is 5.69. The molecule has 1 fully saturated rings. The van der Waals surface area contributed by atoms with Gasteiger partial charge < -0.3 is 9.64 Å². The number of carbonyl (C=O) groups excluding carboxylic acids is 2. The number of nitrogens with zero attached hydrogens (tertiary/aromatic N) is 1. The van der Waals surface area contributed by atoms with Gasteiger partial charge in [-0.3, -0.25) is 9.59 Å². The first-order chi connectivity index (χ1) is 9.42. The van der Waals surface area contributed by atoms with Gasteiger partial charge in [-0.25, -0.2) is 0 Å². The third-order valence-corrected chi connectivity index (χ3v) is 3.87. The van der Waals surface area contributed by atoms with Crippen molar-refractivity contribution in [1.82, 2.24) is 4.90 Å². The van der Waals surface area contributed by atoms with Crippen LogP contribution >= 0.6 is 0 Å². The number of hydrogen-bond acceptors (Lipinski definition) is 3. The first-order valence-electron chi connectivity index (χ1n) is 6.87. The standard InChI is InChI=1S/C16H21NO3/c1-10-5-11(2)7-13(6-10)15(18)17-8-12(3)14(9-17)16(19)20-4/h5-7,12,14H,8-9H2,1-4H3. The molecule has 1 amide bonds. The van der Waals surface area contributed by atoms with Gasteiger partial charge in [-0.05, 0) is 31.9 Å². The van der Waals surface area contributed by atoms with Crippen molar-refractivity contribution in [3.05, 3.63) is 34.9 Å². The Morgan fingerprint density at radius 2 is 1.75 bits per heavy atom. The van der Waals surface area contributed by atoms with Crippen molar-refractivity contribution in [1.29, 1.82) is 0 Å². The lowest BCUT2D eigenvalue weighted by atomic mass is 9.99. The number of likely N-dealkylation sites (tertiary alicyclic amines) is 1. The maximum Gasteiger partial charge on any atom is 0.310 e. The summed E-state index contributed by atoms with van der Waals surface area (Å²) in [6.07, 6.45) is 0. The molecule has 0 aliphatic carbocycles. The molecule has 2 rings (SSSR count). The number of esters is 1. The van der Waals surface area contributed by atoms with Gasteiger partial charge in [-0.15, -0.1) is 0 Å². The molecule has 20 heavy (non-hydrogen) atoms. The average Bonchev–Trinajstić information content (AvgIpc) is 2.78. The zero-order valence-electron chi connectivity index (χ0n) is 12.5. The van der Waals surface area contributed by atoms with Crippen molar-refractivity contribution in [3.8, 4) is 0 Å². The summed E-state index contributed by atoms with van der Waals surface area (Å²) in [7, 11) is 1.39. The molecule has 1 aliphatic heterocycles. The Morgan fingerprint density at radius 1 is 1.15 bits per heavy atom. The molecule has 2 atom stereocenters. The van der Waals surface area contributed by atoms with Crippen LogP contribution in [0.25, 0.3) is 0 Å². The molecule has 2 unspecified atom stereocenters. The van der Waals surface area contributed by atoms with Crippen molar-refractivity contribution in [3.63, 3.8) is 0 Å². The zero-order valence-corrected chi connectivity index (χ0v) is 12.5. The number of methoxy groups -OCH3 is 1. The van der Waals surface area contributed by atoms with Crippen molar-refractivity contribution in [2.24, 2.45) is 11.8 Å². The molecule has 1 heterocycles. The van der Waals surface area contributed by atoms with Crippen LogP contribution in [0.2, 0.25) is 0 Å². The summed E-state index contributed by atoms with van der Waals surface area (Å²) in [6, 6.07) is 5.83. The third kappa shape index (κ3) is 2.84. The molecular weight excluding hydrogens is 254 g/mol. The largest absolute Gasteiger partial charge is 0.469 e. The van der Waals surface area contributed by atoms with Crippen LogP contribution < -0.4 is 0 Å².